The Morgan fingerprint density at radius 1 is 1.25 bits per heavy atom. The van der Waals surface area contributed by atoms with E-state index in [1.54, 1.807) is 13.1 Å². The van der Waals surface area contributed by atoms with E-state index in [1.165, 1.54) is 29.0 Å². The fourth-order valence-corrected chi connectivity index (χ4v) is 3.17. The summed E-state index contributed by atoms with van der Waals surface area (Å²) in [5, 5.41) is 21.2. The maximum Gasteiger partial charge on any atom is 0.233 e. The minimum absolute atomic E-state index is 0.0831. The van der Waals surface area contributed by atoms with E-state index in [4.69, 9.17) is 9.84 Å². The van der Waals surface area contributed by atoms with Crippen molar-refractivity contribution in [2.75, 3.05) is 18.5 Å². The third-order valence-electron chi connectivity index (χ3n) is 4.07. The monoisotopic (exact) mass is 502 g/mol. The van der Waals surface area contributed by atoms with Crippen molar-refractivity contribution in [1.82, 2.24) is 4.57 Å². The van der Waals surface area contributed by atoms with Crippen molar-refractivity contribution in [3.8, 4) is 5.75 Å². The van der Waals surface area contributed by atoms with Gasteiger partial charge in [-0.15, -0.1) is 0 Å². The van der Waals surface area contributed by atoms with Crippen molar-refractivity contribution in [3.05, 3.63) is 62.0 Å². The lowest BCUT2D eigenvalue weighted by Gasteiger charge is -2.16. The lowest BCUT2D eigenvalue weighted by atomic mass is 10.1. The van der Waals surface area contributed by atoms with E-state index in [-0.39, 0.29) is 34.6 Å². The molecule has 9 heteroatoms. The second kappa shape index (κ2) is 8.41. The van der Waals surface area contributed by atoms with Crippen LogP contribution in [0.5, 0.6) is 5.75 Å². The Labute approximate surface area is 172 Å². The molecular weight excluding hydrogens is 485 g/mol. The molecule has 0 amide bonds. The van der Waals surface area contributed by atoms with Crippen LogP contribution < -0.4 is 15.5 Å². The first-order chi connectivity index (χ1) is 13.3. The number of ether oxygens (including phenoxy) is 1. The molecule has 6 nitrogen and oxygen atoms in total. The summed E-state index contributed by atoms with van der Waals surface area (Å²) in [4.78, 5) is 12.9. The molecule has 1 aromatic heterocycles. The molecule has 0 aliphatic heterocycles. The highest BCUT2D eigenvalue weighted by molar-refractivity contribution is 14.1. The molecule has 0 spiro atoms. The fourth-order valence-electron chi connectivity index (χ4n) is 2.71. The second-order valence-corrected chi connectivity index (χ2v) is 7.42. The van der Waals surface area contributed by atoms with Crippen molar-refractivity contribution in [2.24, 2.45) is 7.05 Å². The van der Waals surface area contributed by atoms with Crippen molar-refractivity contribution in [2.45, 2.75) is 6.10 Å². The number of pyridine rings is 1. The number of aromatic nitrogens is 1. The zero-order valence-electron chi connectivity index (χ0n) is 14.7. The maximum atomic E-state index is 14.2. The van der Waals surface area contributed by atoms with Gasteiger partial charge in [-0.05, 0) is 52.9 Å². The Hall–Kier alpha value is -2.24. The van der Waals surface area contributed by atoms with Gasteiger partial charge < -0.3 is 24.8 Å². The number of aliphatic hydroxyl groups is 2. The van der Waals surface area contributed by atoms with Crippen molar-refractivity contribution in [3.63, 3.8) is 0 Å². The van der Waals surface area contributed by atoms with Gasteiger partial charge in [-0.1, -0.05) is 0 Å². The van der Waals surface area contributed by atoms with Gasteiger partial charge in [0.15, 0.2) is 5.75 Å². The smallest absolute Gasteiger partial charge is 0.233 e. The third-order valence-corrected chi connectivity index (χ3v) is 4.74. The molecule has 148 valence electrons. The second-order valence-electron chi connectivity index (χ2n) is 6.18. The highest BCUT2D eigenvalue weighted by Crippen LogP contribution is 2.29. The largest absolute Gasteiger partial charge is 0.485 e. The molecule has 3 rings (SSSR count). The summed E-state index contributed by atoms with van der Waals surface area (Å²) in [6.45, 7) is -0.801. The van der Waals surface area contributed by atoms with Crippen LogP contribution in [0.15, 0.2) is 41.3 Å². The Kier molecular flexibility index (Phi) is 6.16. The van der Waals surface area contributed by atoms with Crippen LogP contribution in [0, 0.1) is 15.2 Å². The summed E-state index contributed by atoms with van der Waals surface area (Å²) in [6, 6.07) is 6.78. The van der Waals surface area contributed by atoms with Crippen LogP contribution in [0.1, 0.15) is 0 Å². The lowest BCUT2D eigenvalue weighted by molar-refractivity contribution is 0.0531. The first-order valence-corrected chi connectivity index (χ1v) is 9.34. The molecule has 2 aromatic carbocycles. The number of aliphatic hydroxyl groups excluding tert-OH is 2. The first kappa shape index (κ1) is 20.5. The number of aryl methyl sites for hydroxylation is 1. The van der Waals surface area contributed by atoms with E-state index >= 15 is 0 Å². The predicted octanol–water partition coefficient (Wildman–Crippen LogP) is 2.90. The van der Waals surface area contributed by atoms with Crippen LogP contribution in [-0.4, -0.2) is 34.1 Å². The van der Waals surface area contributed by atoms with E-state index in [0.29, 0.717) is 3.57 Å². The highest BCUT2D eigenvalue weighted by atomic mass is 127. The first-order valence-electron chi connectivity index (χ1n) is 8.27. The highest BCUT2D eigenvalue weighted by Gasteiger charge is 2.16. The van der Waals surface area contributed by atoms with Gasteiger partial charge in [-0.25, -0.2) is 8.78 Å². The topological polar surface area (TPSA) is 83.7 Å². The number of nitrogens with zero attached hydrogens (tertiary/aromatic N) is 1. The van der Waals surface area contributed by atoms with Crippen LogP contribution in [0.3, 0.4) is 0 Å². The number of rotatable bonds is 6. The van der Waals surface area contributed by atoms with Gasteiger partial charge in [0.25, 0.3) is 0 Å². The Morgan fingerprint density at radius 3 is 2.68 bits per heavy atom. The number of anilines is 2. The van der Waals surface area contributed by atoms with Crippen LogP contribution >= 0.6 is 22.6 Å². The molecule has 0 unspecified atom stereocenters. The van der Waals surface area contributed by atoms with Gasteiger partial charge in [0.1, 0.15) is 24.3 Å². The van der Waals surface area contributed by atoms with Crippen LogP contribution in [-0.2, 0) is 7.05 Å². The van der Waals surface area contributed by atoms with Crippen molar-refractivity contribution in [1.29, 1.82) is 0 Å². The summed E-state index contributed by atoms with van der Waals surface area (Å²) < 4.78 is 35.9. The van der Waals surface area contributed by atoms with E-state index in [9.17, 15) is 18.7 Å². The molecular formula is C19H17F2IN2O4. The number of hydrogen-bond donors (Lipinski definition) is 3. The average molecular weight is 502 g/mol. The normalized spacial score (nSPS) is 12.2. The van der Waals surface area contributed by atoms with E-state index in [0.717, 1.165) is 6.07 Å². The van der Waals surface area contributed by atoms with Gasteiger partial charge >= 0.3 is 0 Å². The summed E-state index contributed by atoms with van der Waals surface area (Å²) in [5.41, 5.74) is -0.0830. The molecule has 0 aliphatic rings. The number of nitrogens with one attached hydrogen (secondary N) is 1. The van der Waals surface area contributed by atoms with E-state index in [2.05, 4.69) is 5.32 Å². The Balaban J connectivity index is 2.13. The molecule has 0 fully saturated rings. The average Bonchev–Trinajstić information content (AvgIpc) is 2.65. The molecule has 28 heavy (non-hydrogen) atoms. The van der Waals surface area contributed by atoms with Crippen molar-refractivity contribution < 1.29 is 23.7 Å². The number of hydrogen-bond acceptors (Lipinski definition) is 5. The fraction of sp³-hybridized carbons (Fsp3) is 0.211. The molecule has 0 bridgehead atoms. The molecule has 0 saturated heterocycles. The van der Waals surface area contributed by atoms with Crippen LogP contribution in [0.2, 0.25) is 0 Å². The number of fused-ring (bicyclic) bond motifs is 1. The molecule has 3 aromatic rings. The standard InChI is InChI=1S/C19H17F2IN2O4/c1-24-7-17(28-9-12(26)8-25)19(27)18-15(4-10(20)5-16(18)24)23-14-3-2-11(22)6-13(14)21/h2-7,12,23,25-26H,8-9H2,1H3/t12-/m0/s1. The Morgan fingerprint density at radius 2 is 2.00 bits per heavy atom. The van der Waals surface area contributed by atoms with Gasteiger partial charge in [0.2, 0.25) is 5.43 Å². The molecule has 1 atom stereocenters. The SMILES string of the molecule is Cn1cc(OC[C@@H](O)CO)c(=O)c2c(Nc3ccc(I)cc3F)cc(F)cc21. The van der Waals surface area contributed by atoms with Gasteiger partial charge in [-0.3, -0.25) is 4.79 Å². The quantitative estimate of drug-likeness (QED) is 0.452. The minimum atomic E-state index is -1.15. The van der Waals surface area contributed by atoms with Crippen LogP contribution in [0.4, 0.5) is 20.2 Å². The third kappa shape index (κ3) is 4.26. The molecule has 1 heterocycles. The molecule has 3 N–H and O–H groups in total. The van der Waals surface area contributed by atoms with Crippen molar-refractivity contribution >= 4 is 44.9 Å². The number of benzene rings is 2. The molecule has 0 saturated carbocycles. The molecule has 0 aliphatic carbocycles. The van der Waals surface area contributed by atoms with Crippen LogP contribution in [0.25, 0.3) is 10.9 Å². The van der Waals surface area contributed by atoms with Gasteiger partial charge in [-0.2, -0.15) is 0 Å². The minimum Gasteiger partial charge on any atom is -0.485 e. The zero-order valence-corrected chi connectivity index (χ0v) is 16.9. The summed E-state index contributed by atoms with van der Waals surface area (Å²) >= 11 is 1.97. The van der Waals surface area contributed by atoms with Gasteiger partial charge in [0.05, 0.1) is 35.1 Å². The lowest BCUT2D eigenvalue weighted by Crippen LogP contribution is -2.24. The van der Waals surface area contributed by atoms with Gasteiger partial charge in [0, 0.05) is 10.6 Å². The molecule has 0 radical (unpaired) electrons. The summed E-state index contributed by atoms with van der Waals surface area (Å²) in [5.74, 6) is -1.22. The maximum absolute atomic E-state index is 14.2. The summed E-state index contributed by atoms with van der Waals surface area (Å²) in [7, 11) is 1.60. The zero-order chi connectivity index (χ0) is 20.4. The number of halogens is 3. The predicted molar refractivity (Wildman–Crippen MR) is 110 cm³/mol. The van der Waals surface area contributed by atoms with E-state index < -0.39 is 29.8 Å². The van der Waals surface area contributed by atoms with E-state index in [1.807, 2.05) is 22.6 Å². The summed E-state index contributed by atoms with van der Waals surface area (Å²) in [6.07, 6.45) is 0.218. The Bertz CT molecular complexity index is 1090.